The molecule has 2 aromatic rings. The minimum absolute atomic E-state index is 0.286. The maximum Gasteiger partial charge on any atom is 0.140 e. The van der Waals surface area contributed by atoms with Gasteiger partial charge in [0.1, 0.15) is 5.78 Å². The molecule has 1 saturated carbocycles. The largest absolute Gasteiger partial charge is 0.385 e. The first-order valence-corrected chi connectivity index (χ1v) is 11.5. The van der Waals surface area contributed by atoms with E-state index in [4.69, 9.17) is 11.6 Å². The Morgan fingerprint density at radius 1 is 0.966 bits per heavy atom. The van der Waals surface area contributed by atoms with Crippen molar-refractivity contribution in [2.24, 2.45) is 5.92 Å². The number of hydrogen-bond donors (Lipinski definition) is 2. The molecule has 0 spiro atoms. The van der Waals surface area contributed by atoms with Gasteiger partial charge in [-0.15, -0.1) is 0 Å². The van der Waals surface area contributed by atoms with E-state index in [9.17, 15) is 4.79 Å². The lowest BCUT2D eigenvalue weighted by Gasteiger charge is -2.20. The molecule has 0 unspecified atom stereocenters. The fourth-order valence-corrected chi connectivity index (χ4v) is 4.86. The van der Waals surface area contributed by atoms with Crippen molar-refractivity contribution < 1.29 is 4.79 Å². The number of carbonyl (C=O) groups excluding carboxylic acids is 1. The molecule has 0 saturated heterocycles. The monoisotopic (exact) mass is 410 g/mol. The molecule has 0 aromatic heterocycles. The molecule has 1 aliphatic carbocycles. The minimum atomic E-state index is 0.286. The molecular formula is C25H31ClN2O. The third kappa shape index (κ3) is 5.14. The van der Waals surface area contributed by atoms with Crippen LogP contribution in [0.15, 0.2) is 36.4 Å². The van der Waals surface area contributed by atoms with Crippen molar-refractivity contribution in [3.05, 3.63) is 58.1 Å². The second kappa shape index (κ2) is 9.67. The molecular weight excluding hydrogens is 380 g/mol. The van der Waals surface area contributed by atoms with Crippen LogP contribution in [-0.2, 0) is 24.2 Å². The van der Waals surface area contributed by atoms with Crippen LogP contribution in [0, 0.1) is 5.92 Å². The zero-order valence-corrected chi connectivity index (χ0v) is 17.9. The van der Waals surface area contributed by atoms with Crippen LogP contribution in [0.2, 0.25) is 5.02 Å². The number of benzene rings is 2. The van der Waals surface area contributed by atoms with Crippen LogP contribution in [0.25, 0.3) is 0 Å². The summed E-state index contributed by atoms with van der Waals surface area (Å²) in [6.07, 6.45) is 9.86. The lowest BCUT2D eigenvalue weighted by molar-refractivity contribution is -0.123. The van der Waals surface area contributed by atoms with Gasteiger partial charge in [0.25, 0.3) is 0 Å². The SMILES string of the molecule is O=C(Cc1ccc(CNc2c(Cl)ccc3c2CCCCN3)cc1)C1CCCCC1. The molecule has 0 amide bonds. The molecule has 2 aliphatic rings. The number of anilines is 2. The van der Waals surface area contributed by atoms with Crippen LogP contribution in [0.1, 0.15) is 61.6 Å². The van der Waals surface area contributed by atoms with Gasteiger partial charge in [-0.2, -0.15) is 0 Å². The topological polar surface area (TPSA) is 41.1 Å². The highest BCUT2D eigenvalue weighted by Crippen LogP contribution is 2.35. The summed E-state index contributed by atoms with van der Waals surface area (Å²) in [5.41, 5.74) is 5.88. The summed E-state index contributed by atoms with van der Waals surface area (Å²) in [4.78, 5) is 12.5. The van der Waals surface area contributed by atoms with Crippen molar-refractivity contribution in [1.29, 1.82) is 0 Å². The number of halogens is 1. The van der Waals surface area contributed by atoms with Crippen LogP contribution in [0.3, 0.4) is 0 Å². The Morgan fingerprint density at radius 3 is 2.52 bits per heavy atom. The predicted molar refractivity (Wildman–Crippen MR) is 122 cm³/mol. The van der Waals surface area contributed by atoms with E-state index in [1.807, 2.05) is 6.07 Å². The molecule has 1 aliphatic heterocycles. The molecule has 154 valence electrons. The summed E-state index contributed by atoms with van der Waals surface area (Å²) >= 11 is 6.51. The van der Waals surface area contributed by atoms with Gasteiger partial charge >= 0.3 is 0 Å². The van der Waals surface area contributed by atoms with Crippen LogP contribution in [-0.4, -0.2) is 12.3 Å². The molecule has 0 atom stereocenters. The van der Waals surface area contributed by atoms with Crippen LogP contribution in [0.4, 0.5) is 11.4 Å². The summed E-state index contributed by atoms with van der Waals surface area (Å²) in [5, 5.41) is 7.85. The zero-order chi connectivity index (χ0) is 20.1. The lowest BCUT2D eigenvalue weighted by Crippen LogP contribution is -2.19. The van der Waals surface area contributed by atoms with E-state index in [-0.39, 0.29) is 5.92 Å². The van der Waals surface area contributed by atoms with Gasteiger partial charge in [-0.25, -0.2) is 0 Å². The van der Waals surface area contributed by atoms with Crippen molar-refractivity contribution in [2.75, 3.05) is 17.2 Å². The van der Waals surface area contributed by atoms with E-state index in [0.717, 1.165) is 48.6 Å². The Morgan fingerprint density at radius 2 is 1.72 bits per heavy atom. The highest BCUT2D eigenvalue weighted by molar-refractivity contribution is 6.33. The molecule has 1 heterocycles. The summed E-state index contributed by atoms with van der Waals surface area (Å²) in [7, 11) is 0. The first-order chi connectivity index (χ1) is 14.2. The Labute approximate surface area is 179 Å². The molecule has 29 heavy (non-hydrogen) atoms. The summed E-state index contributed by atoms with van der Waals surface area (Å²) in [5.74, 6) is 0.705. The smallest absolute Gasteiger partial charge is 0.140 e. The molecule has 0 bridgehead atoms. The van der Waals surface area contributed by atoms with Crippen molar-refractivity contribution in [3.8, 4) is 0 Å². The number of nitrogens with one attached hydrogen (secondary N) is 2. The van der Waals surface area contributed by atoms with Gasteiger partial charge in [0.2, 0.25) is 0 Å². The van der Waals surface area contributed by atoms with E-state index in [2.05, 4.69) is 41.0 Å². The number of Topliss-reactive ketones (excluding diaryl/α,β-unsaturated/α-hetero) is 1. The van der Waals surface area contributed by atoms with Gasteiger partial charge < -0.3 is 10.6 Å². The molecule has 4 heteroatoms. The molecule has 2 aromatic carbocycles. The number of ketones is 1. The first kappa shape index (κ1) is 20.3. The molecule has 0 radical (unpaired) electrons. The standard InChI is InChI=1S/C25H31ClN2O/c26-22-13-14-23-21(8-4-5-15-27-23)25(22)28-17-19-11-9-18(10-12-19)16-24(29)20-6-2-1-3-7-20/h9-14,20,27-28H,1-8,15-17H2. The normalized spacial score (nSPS) is 17.1. The van der Waals surface area contributed by atoms with Gasteiger partial charge in [0.05, 0.1) is 10.7 Å². The van der Waals surface area contributed by atoms with Crippen molar-refractivity contribution in [1.82, 2.24) is 0 Å². The second-order valence-electron chi connectivity index (χ2n) is 8.48. The number of carbonyl (C=O) groups is 1. The van der Waals surface area contributed by atoms with Crippen LogP contribution < -0.4 is 10.6 Å². The molecule has 3 nitrogen and oxygen atoms in total. The summed E-state index contributed by atoms with van der Waals surface area (Å²) in [6.45, 7) is 1.75. The van der Waals surface area contributed by atoms with Gasteiger partial charge in [0, 0.05) is 31.1 Å². The fraction of sp³-hybridized carbons (Fsp3) is 0.480. The molecule has 4 rings (SSSR count). The number of rotatable bonds is 6. The second-order valence-corrected chi connectivity index (χ2v) is 8.89. The van der Waals surface area contributed by atoms with Crippen LogP contribution in [0.5, 0.6) is 0 Å². The van der Waals surface area contributed by atoms with Gasteiger partial charge in [-0.3, -0.25) is 4.79 Å². The zero-order valence-electron chi connectivity index (χ0n) is 17.1. The Balaban J connectivity index is 1.38. The van der Waals surface area contributed by atoms with Crippen molar-refractivity contribution in [3.63, 3.8) is 0 Å². The maximum atomic E-state index is 12.5. The predicted octanol–water partition coefficient (Wildman–Crippen LogP) is 6.39. The highest BCUT2D eigenvalue weighted by Gasteiger charge is 2.21. The lowest BCUT2D eigenvalue weighted by atomic mass is 9.84. The van der Waals surface area contributed by atoms with E-state index < -0.39 is 0 Å². The summed E-state index contributed by atoms with van der Waals surface area (Å²) in [6, 6.07) is 12.5. The van der Waals surface area contributed by atoms with E-state index in [1.165, 1.54) is 48.9 Å². The van der Waals surface area contributed by atoms with Gasteiger partial charge in [-0.1, -0.05) is 55.1 Å². The van der Waals surface area contributed by atoms with Gasteiger partial charge in [0.15, 0.2) is 0 Å². The Kier molecular flexibility index (Phi) is 6.76. The van der Waals surface area contributed by atoms with E-state index in [0.29, 0.717) is 12.2 Å². The third-order valence-electron chi connectivity index (χ3n) is 6.36. The fourth-order valence-electron chi connectivity index (χ4n) is 4.62. The molecule has 2 N–H and O–H groups in total. The average Bonchev–Trinajstić information content (AvgIpc) is 3.00. The Hall–Kier alpha value is -2.00. The summed E-state index contributed by atoms with van der Waals surface area (Å²) < 4.78 is 0. The quantitative estimate of drug-likeness (QED) is 0.579. The number of fused-ring (bicyclic) bond motifs is 1. The average molecular weight is 411 g/mol. The van der Waals surface area contributed by atoms with E-state index >= 15 is 0 Å². The number of hydrogen-bond acceptors (Lipinski definition) is 3. The van der Waals surface area contributed by atoms with Crippen LogP contribution >= 0.6 is 11.6 Å². The first-order valence-electron chi connectivity index (χ1n) is 11.1. The van der Waals surface area contributed by atoms with Gasteiger partial charge in [-0.05, 0) is 60.9 Å². The minimum Gasteiger partial charge on any atom is -0.385 e. The highest BCUT2D eigenvalue weighted by atomic mass is 35.5. The third-order valence-corrected chi connectivity index (χ3v) is 6.68. The maximum absolute atomic E-state index is 12.5. The Bertz CT molecular complexity index is 841. The van der Waals surface area contributed by atoms with Crippen molar-refractivity contribution in [2.45, 2.75) is 64.3 Å². The molecule has 1 fully saturated rings. The van der Waals surface area contributed by atoms with E-state index in [1.54, 1.807) is 0 Å². The van der Waals surface area contributed by atoms with Crippen molar-refractivity contribution >= 4 is 28.8 Å².